The minimum Gasteiger partial charge on any atom is -0.493 e. The van der Waals surface area contributed by atoms with Gasteiger partial charge >= 0.3 is 0 Å². The number of hydrogen-bond donors (Lipinski definition) is 1. The number of nitrogens with zero attached hydrogens (tertiary/aromatic N) is 2. The zero-order valence-corrected chi connectivity index (χ0v) is 16.3. The third kappa shape index (κ3) is 2.74. The Bertz CT molecular complexity index is 1360. The zero-order chi connectivity index (χ0) is 20.0. The van der Waals surface area contributed by atoms with Crippen molar-refractivity contribution in [2.45, 2.75) is 6.54 Å². The summed E-state index contributed by atoms with van der Waals surface area (Å²) in [6.07, 6.45) is 2.10. The van der Waals surface area contributed by atoms with Crippen molar-refractivity contribution >= 4 is 38.4 Å². The molecule has 0 unspecified atom stereocenters. The largest absolute Gasteiger partial charge is 0.493 e. The Morgan fingerprint density at radius 3 is 2.38 bits per heavy atom. The number of hydrogen-bond acceptors (Lipinski definition) is 4. The molecular formula is C24H21N3O2. The van der Waals surface area contributed by atoms with E-state index in [9.17, 15) is 0 Å². The summed E-state index contributed by atoms with van der Waals surface area (Å²) in [4.78, 5) is 4.94. The minimum absolute atomic E-state index is 0.639. The minimum atomic E-state index is 0.639. The Balaban J connectivity index is 1.74. The molecule has 5 heteroatoms. The molecular weight excluding hydrogens is 362 g/mol. The molecule has 5 nitrogen and oxygen atoms in total. The Kier molecular flexibility index (Phi) is 4.02. The number of rotatable bonds is 4. The van der Waals surface area contributed by atoms with Crippen LogP contribution >= 0.6 is 0 Å². The highest BCUT2D eigenvalue weighted by Gasteiger charge is 2.15. The molecule has 0 aliphatic carbocycles. The lowest BCUT2D eigenvalue weighted by atomic mass is 10.1. The van der Waals surface area contributed by atoms with E-state index in [4.69, 9.17) is 20.2 Å². The van der Waals surface area contributed by atoms with E-state index in [0.29, 0.717) is 17.2 Å². The SMILES string of the molecule is COc1cc2nc3c(ccc4c3ccn4Cc3ccccc3)c(N)c2cc1OC. The van der Waals surface area contributed by atoms with Crippen LogP contribution < -0.4 is 15.2 Å². The summed E-state index contributed by atoms with van der Waals surface area (Å²) in [6, 6.07) is 20.5. The van der Waals surface area contributed by atoms with E-state index in [0.717, 1.165) is 39.3 Å². The van der Waals surface area contributed by atoms with E-state index in [2.05, 4.69) is 53.2 Å². The molecule has 5 rings (SSSR count). The summed E-state index contributed by atoms with van der Waals surface area (Å²) in [7, 11) is 3.24. The lowest BCUT2D eigenvalue weighted by molar-refractivity contribution is 0.356. The van der Waals surface area contributed by atoms with E-state index >= 15 is 0 Å². The van der Waals surface area contributed by atoms with Gasteiger partial charge in [-0.25, -0.2) is 4.98 Å². The van der Waals surface area contributed by atoms with E-state index in [-0.39, 0.29) is 0 Å². The molecule has 0 spiro atoms. The molecule has 0 aliphatic heterocycles. The van der Waals surface area contributed by atoms with Crippen LogP contribution in [0.4, 0.5) is 5.69 Å². The maximum Gasteiger partial charge on any atom is 0.162 e. The first-order valence-electron chi connectivity index (χ1n) is 9.46. The van der Waals surface area contributed by atoms with Gasteiger partial charge in [0.2, 0.25) is 0 Å². The molecule has 2 heterocycles. The highest BCUT2D eigenvalue weighted by molar-refractivity contribution is 6.15. The summed E-state index contributed by atoms with van der Waals surface area (Å²) < 4.78 is 13.1. The summed E-state index contributed by atoms with van der Waals surface area (Å²) in [5.41, 5.74) is 11.3. The smallest absolute Gasteiger partial charge is 0.162 e. The molecule has 29 heavy (non-hydrogen) atoms. The number of nitrogens with two attached hydrogens (primary N) is 1. The number of fused-ring (bicyclic) bond motifs is 4. The van der Waals surface area contributed by atoms with Gasteiger partial charge in [0.1, 0.15) is 0 Å². The van der Waals surface area contributed by atoms with Gasteiger partial charge in [-0.2, -0.15) is 0 Å². The van der Waals surface area contributed by atoms with Gasteiger partial charge in [-0.05, 0) is 29.8 Å². The van der Waals surface area contributed by atoms with Gasteiger partial charge in [0.15, 0.2) is 11.5 Å². The first-order valence-corrected chi connectivity index (χ1v) is 9.46. The molecule has 0 fully saturated rings. The van der Waals surface area contributed by atoms with Crippen molar-refractivity contribution in [1.82, 2.24) is 9.55 Å². The first-order chi connectivity index (χ1) is 14.2. The first kappa shape index (κ1) is 17.4. The van der Waals surface area contributed by atoms with Crippen LogP contribution in [0, 0.1) is 0 Å². The van der Waals surface area contributed by atoms with Crippen LogP contribution in [0.3, 0.4) is 0 Å². The summed E-state index contributed by atoms with van der Waals surface area (Å²) in [5.74, 6) is 1.28. The van der Waals surface area contributed by atoms with Gasteiger partial charge in [-0.1, -0.05) is 30.3 Å². The molecule has 0 amide bonds. The van der Waals surface area contributed by atoms with Crippen molar-refractivity contribution in [3.63, 3.8) is 0 Å². The van der Waals surface area contributed by atoms with Gasteiger partial charge in [-0.3, -0.25) is 0 Å². The number of ether oxygens (including phenoxy) is 2. The second-order valence-corrected chi connectivity index (χ2v) is 7.07. The Morgan fingerprint density at radius 1 is 0.862 bits per heavy atom. The molecule has 0 bridgehead atoms. The van der Waals surface area contributed by atoms with Crippen molar-refractivity contribution < 1.29 is 9.47 Å². The molecule has 144 valence electrons. The molecule has 0 aliphatic rings. The third-order valence-corrected chi connectivity index (χ3v) is 5.43. The van der Waals surface area contributed by atoms with E-state index in [1.165, 1.54) is 5.56 Å². The summed E-state index contributed by atoms with van der Waals surface area (Å²) >= 11 is 0. The topological polar surface area (TPSA) is 62.3 Å². The molecule has 3 aromatic carbocycles. The van der Waals surface area contributed by atoms with E-state index in [1.54, 1.807) is 14.2 Å². The number of nitrogen functional groups attached to an aromatic ring is 1. The standard InChI is InChI=1S/C24H21N3O2/c1-28-21-12-18-19(13-22(21)29-2)26-24-16-10-11-27(14-15-6-4-3-5-7-15)20(16)9-8-17(24)23(18)25/h3-13H,14H2,1-2H3,(H2,25,26). The number of aromatic nitrogens is 2. The summed E-state index contributed by atoms with van der Waals surface area (Å²) in [6.45, 7) is 0.809. The van der Waals surface area contributed by atoms with Crippen molar-refractivity contribution in [1.29, 1.82) is 0 Å². The van der Waals surface area contributed by atoms with Gasteiger partial charge in [0, 0.05) is 35.0 Å². The number of benzene rings is 3. The predicted molar refractivity (Wildman–Crippen MR) is 118 cm³/mol. The molecule has 2 aromatic heterocycles. The Hall–Kier alpha value is -3.73. The van der Waals surface area contributed by atoms with E-state index in [1.807, 2.05) is 18.2 Å². The second-order valence-electron chi connectivity index (χ2n) is 7.07. The molecule has 0 radical (unpaired) electrons. The van der Waals surface area contributed by atoms with Crippen molar-refractivity contribution in [2.75, 3.05) is 20.0 Å². The average molecular weight is 383 g/mol. The fourth-order valence-corrected chi connectivity index (χ4v) is 3.95. The average Bonchev–Trinajstić information content (AvgIpc) is 3.17. The van der Waals surface area contributed by atoms with Crippen molar-refractivity contribution in [3.8, 4) is 11.5 Å². The third-order valence-electron chi connectivity index (χ3n) is 5.43. The van der Waals surface area contributed by atoms with Gasteiger partial charge in [0.25, 0.3) is 0 Å². The van der Waals surface area contributed by atoms with Gasteiger partial charge in [-0.15, -0.1) is 0 Å². The highest BCUT2D eigenvalue weighted by Crippen LogP contribution is 2.38. The number of methoxy groups -OCH3 is 2. The summed E-state index contributed by atoms with van der Waals surface area (Å²) in [5, 5.41) is 2.88. The molecule has 0 saturated carbocycles. The van der Waals surface area contributed by atoms with Crippen LogP contribution in [-0.2, 0) is 6.54 Å². The monoisotopic (exact) mass is 383 g/mol. The maximum absolute atomic E-state index is 6.55. The fraction of sp³-hybridized carbons (Fsp3) is 0.125. The lowest BCUT2D eigenvalue weighted by Crippen LogP contribution is -1.98. The second kappa shape index (κ2) is 6.71. The fourth-order valence-electron chi connectivity index (χ4n) is 3.95. The quantitative estimate of drug-likeness (QED) is 0.444. The molecule has 5 aromatic rings. The van der Waals surface area contributed by atoms with Gasteiger partial charge < -0.3 is 19.8 Å². The molecule has 0 saturated heterocycles. The maximum atomic E-state index is 6.55. The Morgan fingerprint density at radius 2 is 1.62 bits per heavy atom. The predicted octanol–water partition coefficient (Wildman–Crippen LogP) is 4.99. The van der Waals surface area contributed by atoms with Crippen molar-refractivity contribution in [3.05, 3.63) is 72.4 Å². The van der Waals surface area contributed by atoms with Crippen LogP contribution in [0.15, 0.2) is 66.9 Å². The van der Waals surface area contributed by atoms with Crippen LogP contribution in [0.1, 0.15) is 5.56 Å². The lowest BCUT2D eigenvalue weighted by Gasteiger charge is -2.13. The Labute approximate surface area is 168 Å². The van der Waals surface area contributed by atoms with E-state index < -0.39 is 0 Å². The van der Waals surface area contributed by atoms with Crippen molar-refractivity contribution in [2.24, 2.45) is 0 Å². The van der Waals surface area contributed by atoms with Crippen LogP contribution in [0.5, 0.6) is 11.5 Å². The zero-order valence-electron chi connectivity index (χ0n) is 16.3. The highest BCUT2D eigenvalue weighted by atomic mass is 16.5. The number of anilines is 1. The van der Waals surface area contributed by atoms with Gasteiger partial charge in [0.05, 0.1) is 36.5 Å². The normalized spacial score (nSPS) is 11.4. The van der Waals surface area contributed by atoms with Crippen LogP contribution in [-0.4, -0.2) is 23.8 Å². The molecule has 0 atom stereocenters. The van der Waals surface area contributed by atoms with Crippen LogP contribution in [0.25, 0.3) is 32.7 Å². The molecule has 2 N–H and O–H groups in total. The van der Waals surface area contributed by atoms with Crippen LogP contribution in [0.2, 0.25) is 0 Å². The number of pyridine rings is 1.